The van der Waals surface area contributed by atoms with Crippen molar-refractivity contribution in [3.05, 3.63) is 35.6 Å². The molecule has 0 spiro atoms. The lowest BCUT2D eigenvalue weighted by molar-refractivity contribution is 0.489. The minimum absolute atomic E-state index is 0.211. The molecule has 1 aromatic carbocycles. The molecule has 3 nitrogen and oxygen atoms in total. The third-order valence-corrected chi connectivity index (χ3v) is 5.89. The van der Waals surface area contributed by atoms with Crippen LogP contribution < -0.4 is 5.73 Å². The van der Waals surface area contributed by atoms with Gasteiger partial charge in [0, 0.05) is 6.04 Å². The van der Waals surface area contributed by atoms with Crippen LogP contribution in [0.1, 0.15) is 24.8 Å². The molecule has 1 aromatic rings. The Morgan fingerprint density at radius 1 is 1.33 bits per heavy atom. The highest BCUT2D eigenvalue weighted by molar-refractivity contribution is 7.92. The SMILES string of the molecule is NC(Cc1ccccc1F)C1CCCCS1(=O)=O. The largest absolute Gasteiger partial charge is 0.326 e. The molecule has 2 N–H and O–H groups in total. The Bertz CT molecular complexity index is 515. The third kappa shape index (κ3) is 2.90. The van der Waals surface area contributed by atoms with Gasteiger partial charge in [-0.15, -0.1) is 0 Å². The fourth-order valence-electron chi connectivity index (χ4n) is 2.51. The van der Waals surface area contributed by atoms with E-state index in [0.29, 0.717) is 18.4 Å². The number of hydrogen-bond acceptors (Lipinski definition) is 3. The van der Waals surface area contributed by atoms with E-state index in [4.69, 9.17) is 5.73 Å². The molecular weight excluding hydrogens is 253 g/mol. The first-order chi connectivity index (χ1) is 8.50. The second-order valence-corrected chi connectivity index (χ2v) is 7.20. The Labute approximate surface area is 107 Å². The van der Waals surface area contributed by atoms with Gasteiger partial charge in [-0.2, -0.15) is 0 Å². The van der Waals surface area contributed by atoms with E-state index in [1.165, 1.54) is 6.07 Å². The van der Waals surface area contributed by atoms with E-state index in [2.05, 4.69) is 0 Å². The van der Waals surface area contributed by atoms with Gasteiger partial charge in [0.2, 0.25) is 0 Å². The molecule has 0 bridgehead atoms. The molecule has 2 unspecified atom stereocenters. The quantitative estimate of drug-likeness (QED) is 0.909. The Morgan fingerprint density at radius 2 is 2.06 bits per heavy atom. The summed E-state index contributed by atoms with van der Waals surface area (Å²) in [6.45, 7) is 0. The van der Waals surface area contributed by atoms with Crippen LogP contribution in [0.15, 0.2) is 24.3 Å². The lowest BCUT2D eigenvalue weighted by atomic mass is 10.00. The molecule has 0 amide bonds. The van der Waals surface area contributed by atoms with Gasteiger partial charge in [0.05, 0.1) is 11.0 Å². The zero-order chi connectivity index (χ0) is 13.2. The first-order valence-electron chi connectivity index (χ1n) is 6.21. The summed E-state index contributed by atoms with van der Waals surface area (Å²) in [6, 6.07) is 5.86. The Kier molecular flexibility index (Phi) is 4.02. The second-order valence-electron chi connectivity index (χ2n) is 4.86. The topological polar surface area (TPSA) is 60.2 Å². The van der Waals surface area contributed by atoms with Gasteiger partial charge in [0.25, 0.3) is 0 Å². The molecule has 1 heterocycles. The molecule has 1 saturated heterocycles. The molecule has 0 saturated carbocycles. The molecule has 1 aliphatic heterocycles. The van der Waals surface area contributed by atoms with Crippen molar-refractivity contribution in [2.24, 2.45) is 5.73 Å². The molecular formula is C13H18FNO2S. The lowest BCUT2D eigenvalue weighted by Crippen LogP contribution is -2.45. The molecule has 1 fully saturated rings. The summed E-state index contributed by atoms with van der Waals surface area (Å²) in [5, 5.41) is -0.522. The molecule has 5 heteroatoms. The first kappa shape index (κ1) is 13.5. The van der Waals surface area contributed by atoms with Crippen LogP contribution in [0, 0.1) is 5.82 Å². The van der Waals surface area contributed by atoms with Gasteiger partial charge in [-0.1, -0.05) is 24.6 Å². The molecule has 18 heavy (non-hydrogen) atoms. The maximum atomic E-state index is 13.5. The number of rotatable bonds is 3. The van der Waals surface area contributed by atoms with Crippen molar-refractivity contribution in [3.63, 3.8) is 0 Å². The van der Waals surface area contributed by atoms with Gasteiger partial charge in [-0.3, -0.25) is 0 Å². The van der Waals surface area contributed by atoms with Crippen LogP contribution in [-0.4, -0.2) is 25.5 Å². The fraction of sp³-hybridized carbons (Fsp3) is 0.538. The molecule has 2 atom stereocenters. The zero-order valence-corrected chi connectivity index (χ0v) is 11.0. The van der Waals surface area contributed by atoms with E-state index < -0.39 is 21.1 Å². The fourth-order valence-corrected chi connectivity index (χ4v) is 4.57. The maximum Gasteiger partial charge on any atom is 0.154 e. The predicted molar refractivity (Wildman–Crippen MR) is 69.5 cm³/mol. The summed E-state index contributed by atoms with van der Waals surface area (Å²) in [5.41, 5.74) is 6.47. The Hall–Kier alpha value is -0.940. The molecule has 100 valence electrons. The van der Waals surface area contributed by atoms with Crippen LogP contribution in [0.5, 0.6) is 0 Å². The van der Waals surface area contributed by atoms with Crippen molar-refractivity contribution in [1.82, 2.24) is 0 Å². The van der Waals surface area contributed by atoms with Gasteiger partial charge in [-0.05, 0) is 30.9 Å². The van der Waals surface area contributed by atoms with E-state index in [1.54, 1.807) is 18.2 Å². The molecule has 1 aliphatic rings. The van der Waals surface area contributed by atoms with E-state index in [0.717, 1.165) is 6.42 Å². The van der Waals surface area contributed by atoms with E-state index in [-0.39, 0.29) is 18.0 Å². The number of sulfone groups is 1. The smallest absolute Gasteiger partial charge is 0.154 e. The van der Waals surface area contributed by atoms with Crippen molar-refractivity contribution in [1.29, 1.82) is 0 Å². The van der Waals surface area contributed by atoms with Gasteiger partial charge in [0.1, 0.15) is 5.82 Å². The van der Waals surface area contributed by atoms with Gasteiger partial charge >= 0.3 is 0 Å². The molecule has 0 radical (unpaired) electrons. The third-order valence-electron chi connectivity index (χ3n) is 3.52. The van der Waals surface area contributed by atoms with Gasteiger partial charge in [-0.25, -0.2) is 12.8 Å². The summed E-state index contributed by atoms with van der Waals surface area (Å²) in [5.74, 6) is -0.107. The normalized spacial score (nSPS) is 24.7. The number of hydrogen-bond donors (Lipinski definition) is 1. The van der Waals surface area contributed by atoms with E-state index in [9.17, 15) is 12.8 Å². The summed E-state index contributed by atoms with van der Waals surface area (Å²) >= 11 is 0. The van der Waals surface area contributed by atoms with Crippen LogP contribution in [0.4, 0.5) is 4.39 Å². The summed E-state index contributed by atoms with van der Waals surface area (Å²) in [7, 11) is -3.10. The number of halogens is 1. The number of nitrogens with two attached hydrogens (primary N) is 1. The van der Waals surface area contributed by atoms with Crippen LogP contribution in [0.25, 0.3) is 0 Å². The monoisotopic (exact) mass is 271 g/mol. The van der Waals surface area contributed by atoms with E-state index in [1.807, 2.05) is 0 Å². The van der Waals surface area contributed by atoms with Crippen LogP contribution in [0.3, 0.4) is 0 Å². The van der Waals surface area contributed by atoms with Gasteiger partial charge in [0.15, 0.2) is 9.84 Å². The maximum absolute atomic E-state index is 13.5. The average Bonchev–Trinajstić information content (AvgIpc) is 2.31. The minimum atomic E-state index is -3.10. The van der Waals surface area contributed by atoms with Crippen LogP contribution in [-0.2, 0) is 16.3 Å². The standard InChI is InChI=1S/C13H18FNO2S/c14-11-6-2-1-5-10(11)9-12(15)13-7-3-4-8-18(13,16)17/h1-2,5-6,12-13H,3-4,7-9,15H2. The molecule has 2 rings (SSSR count). The van der Waals surface area contributed by atoms with Crippen molar-refractivity contribution < 1.29 is 12.8 Å². The van der Waals surface area contributed by atoms with Crippen LogP contribution in [0.2, 0.25) is 0 Å². The van der Waals surface area contributed by atoms with Crippen molar-refractivity contribution in [3.8, 4) is 0 Å². The molecule has 0 aliphatic carbocycles. The summed E-state index contributed by atoms with van der Waals surface area (Å²) in [6.07, 6.45) is 2.47. The highest BCUT2D eigenvalue weighted by atomic mass is 32.2. The highest BCUT2D eigenvalue weighted by Crippen LogP contribution is 2.23. The van der Waals surface area contributed by atoms with Crippen molar-refractivity contribution >= 4 is 9.84 Å². The number of benzene rings is 1. The average molecular weight is 271 g/mol. The first-order valence-corrected chi connectivity index (χ1v) is 7.93. The Morgan fingerprint density at radius 3 is 2.72 bits per heavy atom. The summed E-state index contributed by atoms with van der Waals surface area (Å²) < 4.78 is 37.4. The van der Waals surface area contributed by atoms with Crippen molar-refractivity contribution in [2.45, 2.75) is 37.0 Å². The molecule has 0 aromatic heterocycles. The predicted octanol–water partition coefficient (Wildman–Crippen LogP) is 1.66. The van der Waals surface area contributed by atoms with Crippen molar-refractivity contribution in [2.75, 3.05) is 5.75 Å². The van der Waals surface area contributed by atoms with E-state index >= 15 is 0 Å². The minimum Gasteiger partial charge on any atom is -0.326 e. The Balaban J connectivity index is 2.12. The second kappa shape index (κ2) is 5.36. The highest BCUT2D eigenvalue weighted by Gasteiger charge is 2.33. The van der Waals surface area contributed by atoms with Gasteiger partial charge < -0.3 is 5.73 Å². The van der Waals surface area contributed by atoms with Crippen LogP contribution >= 0.6 is 0 Å². The zero-order valence-electron chi connectivity index (χ0n) is 10.2. The summed E-state index contributed by atoms with van der Waals surface area (Å²) in [4.78, 5) is 0. The lowest BCUT2D eigenvalue weighted by Gasteiger charge is -2.27.